The van der Waals surface area contributed by atoms with E-state index in [1.165, 1.54) is 0 Å². The molecule has 0 aromatic heterocycles. The number of hydrogen-bond acceptors (Lipinski definition) is 3. The highest BCUT2D eigenvalue weighted by molar-refractivity contribution is 7.89. The minimum Gasteiger partial charge on any atom is -0.494 e. The fourth-order valence-corrected chi connectivity index (χ4v) is 3.23. The molecule has 4 nitrogen and oxygen atoms in total. The van der Waals surface area contributed by atoms with E-state index >= 15 is 0 Å². The Morgan fingerprint density at radius 3 is 2.27 bits per heavy atom. The lowest BCUT2D eigenvalue weighted by Gasteiger charge is -2.13. The number of hydrogen-bond donors (Lipinski definition) is 1. The van der Waals surface area contributed by atoms with Crippen molar-refractivity contribution in [3.8, 4) is 5.75 Å². The van der Waals surface area contributed by atoms with Gasteiger partial charge in [0.05, 0.1) is 11.5 Å². The molecule has 1 N–H and O–H groups in total. The van der Waals surface area contributed by atoms with Gasteiger partial charge in [0.1, 0.15) is 5.75 Å². The summed E-state index contributed by atoms with van der Waals surface area (Å²) < 4.78 is 32.5. The first-order valence-electron chi connectivity index (χ1n) is 7.30. The molecule has 118 valence electrons. The summed E-state index contributed by atoms with van der Waals surface area (Å²) in [6.07, 6.45) is 0. The molecule has 0 heterocycles. The third-order valence-corrected chi connectivity index (χ3v) is 4.83. The van der Waals surface area contributed by atoms with Gasteiger partial charge in [-0.3, -0.25) is 0 Å². The average molecular weight is 319 g/mol. The van der Waals surface area contributed by atoms with Gasteiger partial charge in [-0.1, -0.05) is 37.3 Å². The molecule has 2 rings (SSSR count). The Bertz CT molecular complexity index is 682. The van der Waals surface area contributed by atoms with Crippen LogP contribution in [0.4, 0.5) is 0 Å². The zero-order valence-electron chi connectivity index (χ0n) is 12.8. The normalized spacial score (nSPS) is 12.8. The summed E-state index contributed by atoms with van der Waals surface area (Å²) in [6.45, 7) is 4.80. The molecular weight excluding hydrogens is 298 g/mol. The lowest BCUT2D eigenvalue weighted by atomic mass is 10.0. The van der Waals surface area contributed by atoms with Crippen LogP contribution in [0.15, 0.2) is 59.5 Å². The summed E-state index contributed by atoms with van der Waals surface area (Å²) in [5.41, 5.74) is 1.11. The maximum atomic E-state index is 12.3. The molecule has 0 saturated heterocycles. The summed E-state index contributed by atoms with van der Waals surface area (Å²) in [7, 11) is -3.50. The fourth-order valence-electron chi connectivity index (χ4n) is 2.10. The van der Waals surface area contributed by atoms with Crippen molar-refractivity contribution in [3.05, 3.63) is 60.2 Å². The van der Waals surface area contributed by atoms with Gasteiger partial charge < -0.3 is 4.74 Å². The SMILES string of the molecule is CCOc1ccc(S(=O)(=O)NCC(C)c2ccccc2)cc1. The second-order valence-electron chi connectivity index (χ2n) is 5.07. The van der Waals surface area contributed by atoms with Crippen LogP contribution in [0.1, 0.15) is 25.3 Å². The summed E-state index contributed by atoms with van der Waals surface area (Å²) in [6, 6.07) is 16.3. The van der Waals surface area contributed by atoms with Crippen LogP contribution in [0.3, 0.4) is 0 Å². The zero-order valence-corrected chi connectivity index (χ0v) is 13.6. The van der Waals surface area contributed by atoms with E-state index in [2.05, 4.69) is 4.72 Å². The van der Waals surface area contributed by atoms with E-state index in [1.807, 2.05) is 44.2 Å². The van der Waals surface area contributed by atoms with Gasteiger partial charge in [-0.15, -0.1) is 0 Å². The van der Waals surface area contributed by atoms with Crippen LogP contribution in [0.2, 0.25) is 0 Å². The van der Waals surface area contributed by atoms with Crippen molar-refractivity contribution in [2.24, 2.45) is 0 Å². The second kappa shape index (κ2) is 7.42. The van der Waals surface area contributed by atoms with Crippen molar-refractivity contribution in [2.45, 2.75) is 24.7 Å². The fraction of sp³-hybridized carbons (Fsp3) is 0.294. The minimum absolute atomic E-state index is 0.110. The Morgan fingerprint density at radius 1 is 1.05 bits per heavy atom. The van der Waals surface area contributed by atoms with E-state index in [0.717, 1.165) is 5.56 Å². The van der Waals surface area contributed by atoms with Crippen LogP contribution >= 0.6 is 0 Å². The highest BCUT2D eigenvalue weighted by atomic mass is 32.2. The molecule has 0 aliphatic carbocycles. The molecule has 0 aliphatic heterocycles. The molecule has 0 aliphatic rings. The van der Waals surface area contributed by atoms with Crippen LogP contribution in [-0.4, -0.2) is 21.6 Å². The Kier molecular flexibility index (Phi) is 5.57. The molecule has 1 atom stereocenters. The van der Waals surface area contributed by atoms with Crippen molar-refractivity contribution < 1.29 is 13.2 Å². The van der Waals surface area contributed by atoms with E-state index in [1.54, 1.807) is 24.3 Å². The third-order valence-electron chi connectivity index (χ3n) is 3.39. The topological polar surface area (TPSA) is 55.4 Å². The standard InChI is InChI=1S/C17H21NO3S/c1-3-21-16-9-11-17(12-10-16)22(19,20)18-13-14(2)15-7-5-4-6-8-15/h4-12,14,18H,3,13H2,1-2H3. The molecule has 2 aromatic carbocycles. The van der Waals surface area contributed by atoms with Gasteiger partial charge in [-0.05, 0) is 42.7 Å². The first-order valence-corrected chi connectivity index (χ1v) is 8.78. The largest absolute Gasteiger partial charge is 0.494 e. The first kappa shape index (κ1) is 16.5. The van der Waals surface area contributed by atoms with Crippen LogP contribution in [0.25, 0.3) is 0 Å². The lowest BCUT2D eigenvalue weighted by molar-refractivity contribution is 0.340. The number of ether oxygens (including phenoxy) is 1. The first-order chi connectivity index (χ1) is 10.5. The molecule has 0 bridgehead atoms. The van der Waals surface area contributed by atoms with E-state index < -0.39 is 10.0 Å². The van der Waals surface area contributed by atoms with Gasteiger partial charge in [-0.2, -0.15) is 0 Å². The summed E-state index contributed by atoms with van der Waals surface area (Å²) >= 11 is 0. The quantitative estimate of drug-likeness (QED) is 0.853. The Balaban J connectivity index is 2.01. The second-order valence-corrected chi connectivity index (χ2v) is 6.84. The molecule has 1 unspecified atom stereocenters. The number of benzene rings is 2. The Hall–Kier alpha value is -1.85. The average Bonchev–Trinajstić information content (AvgIpc) is 2.54. The molecule has 0 fully saturated rings. The summed E-state index contributed by atoms with van der Waals surface area (Å²) in [5, 5.41) is 0. The van der Waals surface area contributed by atoms with Gasteiger partial charge in [0.25, 0.3) is 0 Å². The predicted octanol–water partition coefficient (Wildman–Crippen LogP) is 3.17. The number of sulfonamides is 1. The van der Waals surface area contributed by atoms with Crippen LogP contribution in [0, 0.1) is 0 Å². The van der Waals surface area contributed by atoms with E-state index in [4.69, 9.17) is 4.74 Å². The van der Waals surface area contributed by atoms with Crippen LogP contribution < -0.4 is 9.46 Å². The van der Waals surface area contributed by atoms with Crippen molar-refractivity contribution in [2.75, 3.05) is 13.2 Å². The highest BCUT2D eigenvalue weighted by Crippen LogP contribution is 2.17. The molecule has 0 amide bonds. The van der Waals surface area contributed by atoms with Gasteiger partial charge in [0.15, 0.2) is 0 Å². The van der Waals surface area contributed by atoms with Crippen molar-refractivity contribution in [1.82, 2.24) is 4.72 Å². The van der Waals surface area contributed by atoms with Crippen LogP contribution in [-0.2, 0) is 10.0 Å². The van der Waals surface area contributed by atoms with Gasteiger partial charge >= 0.3 is 0 Å². The Morgan fingerprint density at radius 2 is 1.68 bits per heavy atom. The van der Waals surface area contributed by atoms with Crippen molar-refractivity contribution in [3.63, 3.8) is 0 Å². The van der Waals surface area contributed by atoms with Crippen molar-refractivity contribution in [1.29, 1.82) is 0 Å². The van der Waals surface area contributed by atoms with Gasteiger partial charge in [0, 0.05) is 6.54 Å². The smallest absolute Gasteiger partial charge is 0.240 e. The predicted molar refractivity (Wildman–Crippen MR) is 87.7 cm³/mol. The molecule has 0 radical (unpaired) electrons. The molecule has 0 saturated carbocycles. The maximum absolute atomic E-state index is 12.3. The monoisotopic (exact) mass is 319 g/mol. The number of rotatable bonds is 7. The molecule has 22 heavy (non-hydrogen) atoms. The van der Waals surface area contributed by atoms with E-state index in [0.29, 0.717) is 18.9 Å². The summed E-state index contributed by atoms with van der Waals surface area (Å²) in [4.78, 5) is 0.246. The zero-order chi connectivity index (χ0) is 16.0. The van der Waals surface area contributed by atoms with Gasteiger partial charge in [-0.25, -0.2) is 13.1 Å². The Labute approximate surface area is 132 Å². The van der Waals surface area contributed by atoms with E-state index in [9.17, 15) is 8.42 Å². The highest BCUT2D eigenvalue weighted by Gasteiger charge is 2.15. The van der Waals surface area contributed by atoms with Crippen LogP contribution in [0.5, 0.6) is 5.75 Å². The van der Waals surface area contributed by atoms with E-state index in [-0.39, 0.29) is 10.8 Å². The minimum atomic E-state index is -3.50. The third kappa shape index (κ3) is 4.32. The summed E-state index contributed by atoms with van der Waals surface area (Å²) in [5.74, 6) is 0.776. The molecule has 5 heteroatoms. The van der Waals surface area contributed by atoms with Gasteiger partial charge in [0.2, 0.25) is 10.0 Å². The molecular formula is C17H21NO3S. The maximum Gasteiger partial charge on any atom is 0.240 e. The molecule has 0 spiro atoms. The van der Waals surface area contributed by atoms with Crippen molar-refractivity contribution >= 4 is 10.0 Å². The number of nitrogens with one attached hydrogen (secondary N) is 1. The molecule has 2 aromatic rings. The lowest BCUT2D eigenvalue weighted by Crippen LogP contribution is -2.27.